The molecule has 136 valence electrons. The van der Waals surface area contributed by atoms with E-state index in [1.807, 2.05) is 6.20 Å². The quantitative estimate of drug-likeness (QED) is 0.585. The molecule has 0 bridgehead atoms. The van der Waals surface area contributed by atoms with Gasteiger partial charge in [0.25, 0.3) is 5.56 Å². The summed E-state index contributed by atoms with van der Waals surface area (Å²) in [4.78, 5) is 25.2. The standard InChI is InChI=1S/C20H17FN4O2/c21-13-3-4-16-15(8-13)12(9-22-16)10-25-6-5-14-17(11-25)23-19(24-20(14)26)18-2-1-7-27-18/h1-4,7-9,22H,5-6,10-11H2,(H,23,24,26). The number of furan rings is 1. The van der Waals surface area contributed by atoms with Crippen LogP contribution >= 0.6 is 0 Å². The van der Waals surface area contributed by atoms with E-state index in [2.05, 4.69) is 19.9 Å². The number of hydrogen-bond acceptors (Lipinski definition) is 4. The first-order valence-electron chi connectivity index (χ1n) is 8.81. The van der Waals surface area contributed by atoms with Gasteiger partial charge in [0, 0.05) is 42.3 Å². The number of hydrogen-bond donors (Lipinski definition) is 2. The Morgan fingerprint density at radius 1 is 1.30 bits per heavy atom. The Morgan fingerprint density at radius 2 is 2.22 bits per heavy atom. The first-order chi connectivity index (χ1) is 13.2. The number of nitrogens with one attached hydrogen (secondary N) is 2. The molecular weight excluding hydrogens is 347 g/mol. The molecule has 1 aromatic carbocycles. The van der Waals surface area contributed by atoms with Crippen molar-refractivity contribution in [2.45, 2.75) is 19.5 Å². The van der Waals surface area contributed by atoms with Gasteiger partial charge in [-0.25, -0.2) is 9.37 Å². The van der Waals surface area contributed by atoms with Crippen molar-refractivity contribution in [3.63, 3.8) is 0 Å². The number of nitrogens with zero attached hydrogens (tertiary/aromatic N) is 2. The minimum absolute atomic E-state index is 0.111. The average Bonchev–Trinajstić information content (AvgIpc) is 3.32. The molecule has 5 rings (SSSR count). The van der Waals surface area contributed by atoms with Crippen molar-refractivity contribution in [1.29, 1.82) is 0 Å². The largest absolute Gasteiger partial charge is 0.461 e. The van der Waals surface area contributed by atoms with Crippen LogP contribution in [0.25, 0.3) is 22.5 Å². The lowest BCUT2D eigenvalue weighted by Crippen LogP contribution is -2.35. The maximum absolute atomic E-state index is 13.6. The lowest BCUT2D eigenvalue weighted by atomic mass is 10.1. The van der Waals surface area contributed by atoms with Gasteiger partial charge in [-0.1, -0.05) is 0 Å². The lowest BCUT2D eigenvalue weighted by molar-refractivity contribution is 0.241. The summed E-state index contributed by atoms with van der Waals surface area (Å²) in [6.45, 7) is 1.97. The van der Waals surface area contributed by atoms with Gasteiger partial charge >= 0.3 is 0 Å². The van der Waals surface area contributed by atoms with E-state index in [0.717, 1.165) is 34.3 Å². The number of aromatic nitrogens is 3. The van der Waals surface area contributed by atoms with Crippen LogP contribution in [0.5, 0.6) is 0 Å². The summed E-state index contributed by atoms with van der Waals surface area (Å²) in [6, 6.07) is 8.28. The molecule has 0 radical (unpaired) electrons. The fraction of sp³-hybridized carbons (Fsp3) is 0.200. The molecule has 1 aliphatic heterocycles. The summed E-state index contributed by atoms with van der Waals surface area (Å²) < 4.78 is 19.0. The van der Waals surface area contributed by atoms with Crippen LogP contribution in [0.15, 0.2) is 52.0 Å². The average molecular weight is 364 g/mol. The van der Waals surface area contributed by atoms with Crippen molar-refractivity contribution in [3.05, 3.63) is 75.8 Å². The van der Waals surface area contributed by atoms with Crippen LogP contribution in [-0.4, -0.2) is 26.4 Å². The van der Waals surface area contributed by atoms with Crippen molar-refractivity contribution in [2.24, 2.45) is 0 Å². The predicted octanol–water partition coefficient (Wildman–Crippen LogP) is 3.21. The molecule has 27 heavy (non-hydrogen) atoms. The maximum Gasteiger partial charge on any atom is 0.254 e. The third-order valence-electron chi connectivity index (χ3n) is 5.03. The monoisotopic (exact) mass is 364 g/mol. The first-order valence-corrected chi connectivity index (χ1v) is 8.81. The molecule has 4 heterocycles. The first kappa shape index (κ1) is 16.0. The molecular formula is C20H17FN4O2. The Hall–Kier alpha value is -3.19. The highest BCUT2D eigenvalue weighted by molar-refractivity contribution is 5.83. The number of rotatable bonds is 3. The Morgan fingerprint density at radius 3 is 3.07 bits per heavy atom. The fourth-order valence-corrected chi connectivity index (χ4v) is 3.68. The Balaban J connectivity index is 1.45. The lowest BCUT2D eigenvalue weighted by Gasteiger charge is -2.27. The van der Waals surface area contributed by atoms with Crippen molar-refractivity contribution in [3.8, 4) is 11.6 Å². The van der Waals surface area contributed by atoms with Crippen molar-refractivity contribution in [1.82, 2.24) is 19.9 Å². The molecule has 0 spiro atoms. The molecule has 3 aromatic heterocycles. The second kappa shape index (κ2) is 6.21. The highest BCUT2D eigenvalue weighted by Gasteiger charge is 2.22. The summed E-state index contributed by atoms with van der Waals surface area (Å²) in [6.07, 6.45) is 4.10. The van der Waals surface area contributed by atoms with Crippen LogP contribution < -0.4 is 5.56 Å². The van der Waals surface area contributed by atoms with Crippen molar-refractivity contribution in [2.75, 3.05) is 6.54 Å². The second-order valence-electron chi connectivity index (χ2n) is 6.78. The normalized spacial score (nSPS) is 14.6. The summed E-state index contributed by atoms with van der Waals surface area (Å²) in [5, 5.41) is 0.885. The van der Waals surface area contributed by atoms with Crippen molar-refractivity contribution < 1.29 is 8.81 Å². The summed E-state index contributed by atoms with van der Waals surface area (Å²) in [7, 11) is 0. The van der Waals surface area contributed by atoms with Crippen LogP contribution in [0.3, 0.4) is 0 Å². The Bertz CT molecular complexity index is 1180. The second-order valence-corrected chi connectivity index (χ2v) is 6.78. The molecule has 7 heteroatoms. The smallest absolute Gasteiger partial charge is 0.254 e. The van der Waals surface area contributed by atoms with Crippen LogP contribution in [-0.2, 0) is 19.5 Å². The van der Waals surface area contributed by atoms with Crippen LogP contribution in [0.4, 0.5) is 4.39 Å². The van der Waals surface area contributed by atoms with E-state index >= 15 is 0 Å². The van der Waals surface area contributed by atoms with E-state index in [9.17, 15) is 9.18 Å². The number of H-pyrrole nitrogens is 2. The van der Waals surface area contributed by atoms with E-state index in [1.165, 1.54) is 6.07 Å². The van der Waals surface area contributed by atoms with Gasteiger partial charge in [-0.2, -0.15) is 0 Å². The van der Waals surface area contributed by atoms with E-state index in [-0.39, 0.29) is 11.4 Å². The van der Waals surface area contributed by atoms with E-state index in [1.54, 1.807) is 30.5 Å². The maximum atomic E-state index is 13.6. The summed E-state index contributed by atoms with van der Waals surface area (Å²) >= 11 is 0. The molecule has 6 nitrogen and oxygen atoms in total. The number of halogens is 1. The molecule has 1 aliphatic rings. The molecule has 0 fully saturated rings. The van der Waals surface area contributed by atoms with Gasteiger partial charge in [-0.15, -0.1) is 0 Å². The van der Waals surface area contributed by atoms with Crippen LogP contribution in [0.1, 0.15) is 16.8 Å². The molecule has 0 saturated carbocycles. The Labute approximate surface area is 153 Å². The van der Waals surface area contributed by atoms with Gasteiger partial charge < -0.3 is 14.4 Å². The molecule has 0 aliphatic carbocycles. The molecule has 4 aromatic rings. The Kier molecular flexibility index (Phi) is 3.68. The zero-order valence-corrected chi connectivity index (χ0v) is 14.5. The SMILES string of the molecule is O=c1[nH]c(-c2ccco2)nc2c1CCN(Cc1c[nH]c3ccc(F)cc13)C2. The minimum Gasteiger partial charge on any atom is -0.461 e. The van der Waals surface area contributed by atoms with Crippen molar-refractivity contribution >= 4 is 10.9 Å². The minimum atomic E-state index is -0.247. The van der Waals surface area contributed by atoms with E-state index < -0.39 is 0 Å². The van der Waals surface area contributed by atoms with E-state index in [4.69, 9.17) is 4.42 Å². The molecule has 2 N–H and O–H groups in total. The van der Waals surface area contributed by atoms with Gasteiger partial charge in [-0.05, 0) is 42.3 Å². The number of benzene rings is 1. The molecule has 0 saturated heterocycles. The zero-order chi connectivity index (χ0) is 18.4. The van der Waals surface area contributed by atoms with E-state index in [0.29, 0.717) is 31.1 Å². The summed E-state index contributed by atoms with van der Waals surface area (Å²) in [5.41, 5.74) is 3.33. The molecule has 0 amide bonds. The van der Waals surface area contributed by atoms with Gasteiger partial charge in [-0.3, -0.25) is 9.69 Å². The fourth-order valence-electron chi connectivity index (χ4n) is 3.68. The third kappa shape index (κ3) is 2.86. The van der Waals surface area contributed by atoms with Crippen LogP contribution in [0, 0.1) is 5.82 Å². The number of fused-ring (bicyclic) bond motifs is 2. The summed E-state index contributed by atoms with van der Waals surface area (Å²) in [5.74, 6) is 0.738. The third-order valence-corrected chi connectivity index (χ3v) is 5.03. The van der Waals surface area contributed by atoms with Gasteiger partial charge in [0.1, 0.15) is 5.82 Å². The van der Waals surface area contributed by atoms with Gasteiger partial charge in [0.15, 0.2) is 11.6 Å². The topological polar surface area (TPSA) is 77.9 Å². The highest BCUT2D eigenvalue weighted by Crippen LogP contribution is 2.24. The van der Waals surface area contributed by atoms with Gasteiger partial charge in [0.2, 0.25) is 0 Å². The molecule has 0 atom stereocenters. The molecule has 0 unspecified atom stereocenters. The predicted molar refractivity (Wildman–Crippen MR) is 98.6 cm³/mol. The highest BCUT2D eigenvalue weighted by atomic mass is 19.1. The van der Waals surface area contributed by atoms with Gasteiger partial charge in [0.05, 0.1) is 12.0 Å². The zero-order valence-electron chi connectivity index (χ0n) is 14.5. The van der Waals surface area contributed by atoms with Crippen LogP contribution in [0.2, 0.25) is 0 Å². The number of aromatic amines is 2.